The first-order valence-corrected chi connectivity index (χ1v) is 6.30. The second-order valence-electron chi connectivity index (χ2n) is 4.31. The lowest BCUT2D eigenvalue weighted by Gasteiger charge is -2.05. The van der Waals surface area contributed by atoms with Crippen LogP contribution in [0.2, 0.25) is 0 Å². The summed E-state index contributed by atoms with van der Waals surface area (Å²) >= 11 is 0. The Hall–Kier alpha value is -2.30. The van der Waals surface area contributed by atoms with Gasteiger partial charge in [0.1, 0.15) is 0 Å². The molecule has 5 heteroatoms. The quantitative estimate of drug-likeness (QED) is 0.853. The summed E-state index contributed by atoms with van der Waals surface area (Å²) in [5.74, 6) is -2.40. The fourth-order valence-electron chi connectivity index (χ4n) is 1.76. The summed E-state index contributed by atoms with van der Waals surface area (Å²) in [6.07, 6.45) is 3.19. The molecule has 0 saturated heterocycles. The van der Waals surface area contributed by atoms with Crippen LogP contribution < -0.4 is 5.32 Å². The number of carbonyl (C=O) groups excluding carboxylic acids is 1. The van der Waals surface area contributed by atoms with E-state index in [4.69, 9.17) is 0 Å². The van der Waals surface area contributed by atoms with Crippen LogP contribution in [0.15, 0.2) is 42.6 Å². The lowest BCUT2D eigenvalue weighted by Crippen LogP contribution is -2.25. The van der Waals surface area contributed by atoms with E-state index in [1.54, 1.807) is 6.20 Å². The Morgan fingerprint density at radius 2 is 2.00 bits per heavy atom. The summed E-state index contributed by atoms with van der Waals surface area (Å²) in [4.78, 5) is 15.9. The van der Waals surface area contributed by atoms with E-state index in [1.807, 2.05) is 18.2 Å². The number of halogens is 2. The molecule has 0 aliphatic rings. The van der Waals surface area contributed by atoms with Crippen LogP contribution in [0, 0.1) is 11.6 Å². The summed E-state index contributed by atoms with van der Waals surface area (Å²) in [6.45, 7) is 0.453. The highest BCUT2D eigenvalue weighted by atomic mass is 19.2. The Labute approximate surface area is 115 Å². The normalized spacial score (nSPS) is 10.3. The van der Waals surface area contributed by atoms with Gasteiger partial charge in [0.15, 0.2) is 11.6 Å². The predicted octanol–water partition coefficient (Wildman–Crippen LogP) is 2.72. The van der Waals surface area contributed by atoms with Gasteiger partial charge in [0.05, 0.1) is 0 Å². The molecule has 0 aliphatic carbocycles. The SMILES string of the molecule is O=C(NCCCc1ccccn1)c1ccc(F)c(F)c1. The molecule has 1 amide bonds. The van der Waals surface area contributed by atoms with Gasteiger partial charge in [-0.2, -0.15) is 0 Å². The van der Waals surface area contributed by atoms with Crippen molar-refractivity contribution >= 4 is 5.91 Å². The van der Waals surface area contributed by atoms with Crippen LogP contribution in [0.3, 0.4) is 0 Å². The lowest BCUT2D eigenvalue weighted by atomic mass is 10.2. The molecule has 1 aromatic carbocycles. The fraction of sp³-hybridized carbons (Fsp3) is 0.200. The number of benzene rings is 1. The molecule has 104 valence electrons. The molecule has 1 aromatic heterocycles. The van der Waals surface area contributed by atoms with Crippen molar-refractivity contribution in [1.29, 1.82) is 0 Å². The lowest BCUT2D eigenvalue weighted by molar-refractivity contribution is 0.0952. The van der Waals surface area contributed by atoms with E-state index in [1.165, 1.54) is 6.07 Å². The molecule has 20 heavy (non-hydrogen) atoms. The van der Waals surface area contributed by atoms with Gasteiger partial charge in [-0.05, 0) is 43.2 Å². The molecular weight excluding hydrogens is 262 g/mol. The Bertz CT molecular complexity index is 588. The number of pyridine rings is 1. The molecule has 2 aromatic rings. The summed E-state index contributed by atoms with van der Waals surface area (Å²) in [7, 11) is 0. The minimum absolute atomic E-state index is 0.113. The standard InChI is InChI=1S/C15H14F2N2O/c16-13-7-6-11(10-14(13)17)15(20)19-9-3-5-12-4-1-2-8-18-12/h1-2,4,6-8,10H,3,5,9H2,(H,19,20). The molecule has 2 rings (SSSR count). The van der Waals surface area contributed by atoms with Crippen molar-refractivity contribution in [2.24, 2.45) is 0 Å². The first kappa shape index (κ1) is 14.1. The smallest absolute Gasteiger partial charge is 0.251 e. The Morgan fingerprint density at radius 3 is 2.70 bits per heavy atom. The summed E-state index contributed by atoms with van der Waals surface area (Å²) in [6, 6.07) is 8.75. The van der Waals surface area contributed by atoms with Crippen LogP contribution in [0.5, 0.6) is 0 Å². The van der Waals surface area contributed by atoms with Crippen molar-refractivity contribution < 1.29 is 13.6 Å². The number of nitrogens with zero attached hydrogens (tertiary/aromatic N) is 1. The minimum atomic E-state index is -1.02. The third-order valence-corrected chi connectivity index (χ3v) is 2.80. The van der Waals surface area contributed by atoms with Gasteiger partial charge in [-0.15, -0.1) is 0 Å². The molecule has 0 spiro atoms. The first-order chi connectivity index (χ1) is 9.66. The van der Waals surface area contributed by atoms with E-state index >= 15 is 0 Å². The third-order valence-electron chi connectivity index (χ3n) is 2.80. The van der Waals surface area contributed by atoms with E-state index < -0.39 is 17.5 Å². The van der Waals surface area contributed by atoms with Crippen molar-refractivity contribution in [3.8, 4) is 0 Å². The third kappa shape index (κ3) is 3.85. The molecular formula is C15H14F2N2O. The van der Waals surface area contributed by atoms with Crippen molar-refractivity contribution in [3.05, 3.63) is 65.5 Å². The van der Waals surface area contributed by atoms with Crippen LogP contribution in [-0.2, 0) is 6.42 Å². The Kier molecular flexibility index (Phi) is 4.76. The number of carbonyl (C=O) groups is 1. The van der Waals surface area contributed by atoms with Gasteiger partial charge in [-0.3, -0.25) is 9.78 Å². The van der Waals surface area contributed by atoms with Gasteiger partial charge in [-0.25, -0.2) is 8.78 Å². The van der Waals surface area contributed by atoms with Gasteiger partial charge in [0.25, 0.3) is 5.91 Å². The molecule has 0 fully saturated rings. The minimum Gasteiger partial charge on any atom is -0.352 e. The van der Waals surface area contributed by atoms with E-state index in [0.29, 0.717) is 6.54 Å². The van der Waals surface area contributed by atoms with Crippen molar-refractivity contribution in [2.75, 3.05) is 6.54 Å². The van der Waals surface area contributed by atoms with Gasteiger partial charge in [-0.1, -0.05) is 6.07 Å². The number of amides is 1. The van der Waals surface area contributed by atoms with Crippen LogP contribution in [0.25, 0.3) is 0 Å². The molecule has 0 radical (unpaired) electrons. The summed E-state index contributed by atoms with van der Waals surface area (Å²) < 4.78 is 25.7. The highest BCUT2D eigenvalue weighted by molar-refractivity contribution is 5.94. The van der Waals surface area contributed by atoms with Crippen molar-refractivity contribution in [1.82, 2.24) is 10.3 Å². The summed E-state index contributed by atoms with van der Waals surface area (Å²) in [5, 5.41) is 2.66. The maximum absolute atomic E-state index is 13.0. The Balaban J connectivity index is 1.79. The predicted molar refractivity (Wildman–Crippen MR) is 71.2 cm³/mol. The number of hydrogen-bond donors (Lipinski definition) is 1. The second kappa shape index (κ2) is 6.75. The van der Waals surface area contributed by atoms with E-state index in [9.17, 15) is 13.6 Å². The van der Waals surface area contributed by atoms with Gasteiger partial charge in [0.2, 0.25) is 0 Å². The number of nitrogens with one attached hydrogen (secondary N) is 1. The largest absolute Gasteiger partial charge is 0.352 e. The van der Waals surface area contributed by atoms with Crippen LogP contribution in [0.4, 0.5) is 8.78 Å². The Morgan fingerprint density at radius 1 is 1.15 bits per heavy atom. The zero-order valence-corrected chi connectivity index (χ0v) is 10.8. The molecule has 0 unspecified atom stereocenters. The fourth-order valence-corrected chi connectivity index (χ4v) is 1.76. The van der Waals surface area contributed by atoms with Crippen LogP contribution in [0.1, 0.15) is 22.5 Å². The van der Waals surface area contributed by atoms with E-state index in [2.05, 4.69) is 10.3 Å². The zero-order valence-electron chi connectivity index (χ0n) is 10.8. The number of aromatic nitrogens is 1. The highest BCUT2D eigenvalue weighted by Crippen LogP contribution is 2.08. The molecule has 0 saturated carbocycles. The maximum Gasteiger partial charge on any atom is 0.251 e. The molecule has 0 bridgehead atoms. The average molecular weight is 276 g/mol. The number of aryl methyl sites for hydroxylation is 1. The van der Waals surface area contributed by atoms with Gasteiger partial charge < -0.3 is 5.32 Å². The van der Waals surface area contributed by atoms with Crippen LogP contribution >= 0.6 is 0 Å². The number of rotatable bonds is 5. The van der Waals surface area contributed by atoms with Crippen LogP contribution in [-0.4, -0.2) is 17.4 Å². The molecule has 0 aliphatic heterocycles. The number of hydrogen-bond acceptors (Lipinski definition) is 2. The maximum atomic E-state index is 13.0. The topological polar surface area (TPSA) is 42.0 Å². The zero-order chi connectivity index (χ0) is 14.4. The van der Waals surface area contributed by atoms with E-state index in [0.717, 1.165) is 30.7 Å². The van der Waals surface area contributed by atoms with Gasteiger partial charge in [0, 0.05) is 24.0 Å². The van der Waals surface area contributed by atoms with Crippen molar-refractivity contribution in [3.63, 3.8) is 0 Å². The van der Waals surface area contributed by atoms with E-state index in [-0.39, 0.29) is 5.56 Å². The molecule has 1 N–H and O–H groups in total. The molecule has 3 nitrogen and oxygen atoms in total. The van der Waals surface area contributed by atoms with Crippen molar-refractivity contribution in [2.45, 2.75) is 12.8 Å². The monoisotopic (exact) mass is 276 g/mol. The summed E-state index contributed by atoms with van der Waals surface area (Å²) in [5.41, 5.74) is 1.07. The highest BCUT2D eigenvalue weighted by Gasteiger charge is 2.08. The average Bonchev–Trinajstić information content (AvgIpc) is 2.47. The molecule has 1 heterocycles. The second-order valence-corrected chi connectivity index (χ2v) is 4.31. The van der Waals surface area contributed by atoms with Gasteiger partial charge >= 0.3 is 0 Å². The first-order valence-electron chi connectivity index (χ1n) is 6.30. The molecule has 0 atom stereocenters.